The Morgan fingerprint density at radius 2 is 1.82 bits per heavy atom. The van der Waals surface area contributed by atoms with Gasteiger partial charge in [0.2, 0.25) is 5.91 Å². The fourth-order valence-electron chi connectivity index (χ4n) is 3.81. The van der Waals surface area contributed by atoms with Crippen molar-refractivity contribution in [2.24, 2.45) is 5.73 Å². The first kappa shape index (κ1) is 20.9. The largest absolute Gasteiger partial charge is 0.369 e. The fourth-order valence-corrected chi connectivity index (χ4v) is 4.79. The van der Waals surface area contributed by atoms with Crippen molar-refractivity contribution in [2.75, 3.05) is 0 Å². The average molecular weight is 401 g/mol. The zero-order valence-electron chi connectivity index (χ0n) is 17.4. The highest BCUT2D eigenvalue weighted by Crippen LogP contribution is 2.37. The van der Waals surface area contributed by atoms with Crippen LogP contribution in [0.15, 0.2) is 29.4 Å². The molecule has 1 atom stereocenters. The molecule has 1 fully saturated rings. The smallest absolute Gasteiger partial charge is 0.231 e. The molecule has 1 aromatic heterocycles. The summed E-state index contributed by atoms with van der Waals surface area (Å²) in [6.07, 6.45) is 6.69. The lowest BCUT2D eigenvalue weighted by molar-refractivity contribution is -0.117. The number of primary amides is 1. The lowest BCUT2D eigenvalue weighted by Crippen LogP contribution is -2.26. The van der Waals surface area contributed by atoms with E-state index in [1.54, 1.807) is 0 Å². The highest BCUT2D eigenvalue weighted by molar-refractivity contribution is 8.00. The van der Waals surface area contributed by atoms with Crippen LogP contribution < -0.4 is 5.73 Å². The van der Waals surface area contributed by atoms with Gasteiger partial charge >= 0.3 is 0 Å². The number of hydrogen-bond acceptors (Lipinski definition) is 4. The molecule has 0 bridgehead atoms. The number of rotatable bonds is 6. The maximum absolute atomic E-state index is 11.8. The highest BCUT2D eigenvalue weighted by Gasteiger charge is 2.27. The van der Waals surface area contributed by atoms with Crippen LogP contribution >= 0.6 is 11.8 Å². The van der Waals surface area contributed by atoms with Crippen molar-refractivity contribution in [2.45, 2.75) is 88.1 Å². The van der Waals surface area contributed by atoms with Crippen LogP contribution in [0, 0.1) is 0 Å². The molecule has 1 heterocycles. The van der Waals surface area contributed by atoms with Crippen LogP contribution in [0.4, 0.5) is 0 Å². The molecule has 6 heteroatoms. The van der Waals surface area contributed by atoms with E-state index < -0.39 is 0 Å². The molecule has 152 valence electrons. The first-order valence-electron chi connectivity index (χ1n) is 10.3. The number of nitrogens with two attached hydrogens (primary N) is 1. The molecule has 1 aliphatic rings. The van der Waals surface area contributed by atoms with Crippen LogP contribution in [-0.2, 0) is 10.2 Å². The molecule has 0 aliphatic heterocycles. The van der Waals surface area contributed by atoms with E-state index in [1.165, 1.54) is 36.6 Å². The van der Waals surface area contributed by atoms with E-state index in [0.29, 0.717) is 12.5 Å². The number of carbonyl (C=O) groups excluding carboxylic acids is 1. The van der Waals surface area contributed by atoms with Crippen molar-refractivity contribution in [1.29, 1.82) is 0 Å². The molecule has 3 rings (SSSR count). The van der Waals surface area contributed by atoms with E-state index in [9.17, 15) is 4.79 Å². The van der Waals surface area contributed by atoms with Crippen molar-refractivity contribution in [1.82, 2.24) is 14.8 Å². The van der Waals surface area contributed by atoms with Crippen LogP contribution in [0.2, 0.25) is 0 Å². The Kier molecular flexibility index (Phi) is 6.48. The molecule has 28 heavy (non-hydrogen) atoms. The standard InChI is InChI=1S/C22H32N4OS/c1-5-18(19(23)27)28-21-25-24-20(26(21)17-9-7-6-8-10-17)15-11-13-16(14-12-15)22(2,3)4/h11-14,17-18H,5-10H2,1-4H3,(H2,23,27). The highest BCUT2D eigenvalue weighted by atomic mass is 32.2. The molecule has 1 aliphatic carbocycles. The number of hydrogen-bond donors (Lipinski definition) is 1. The van der Waals surface area contributed by atoms with Gasteiger partial charge in [-0.3, -0.25) is 9.36 Å². The van der Waals surface area contributed by atoms with Gasteiger partial charge < -0.3 is 5.73 Å². The lowest BCUT2D eigenvalue weighted by atomic mass is 9.86. The molecule has 1 amide bonds. The number of amides is 1. The summed E-state index contributed by atoms with van der Waals surface area (Å²) in [5.74, 6) is 0.607. The third-order valence-corrected chi connectivity index (χ3v) is 6.89. The SMILES string of the molecule is CCC(Sc1nnc(-c2ccc(C(C)(C)C)cc2)n1C1CCCCC1)C(N)=O. The fraction of sp³-hybridized carbons (Fsp3) is 0.591. The van der Waals surface area contributed by atoms with Crippen LogP contribution in [0.3, 0.4) is 0 Å². The first-order chi connectivity index (χ1) is 13.3. The van der Waals surface area contributed by atoms with Gasteiger partial charge in [-0.25, -0.2) is 0 Å². The number of nitrogens with zero attached hydrogens (tertiary/aromatic N) is 3. The van der Waals surface area contributed by atoms with Crippen molar-refractivity contribution in [3.8, 4) is 11.4 Å². The Hall–Kier alpha value is -1.82. The maximum atomic E-state index is 11.8. The molecule has 0 radical (unpaired) electrons. The van der Waals surface area contributed by atoms with Crippen LogP contribution in [0.1, 0.15) is 77.8 Å². The Bertz CT molecular complexity index is 801. The molecule has 0 saturated heterocycles. The second kappa shape index (κ2) is 8.68. The topological polar surface area (TPSA) is 73.8 Å². The van der Waals surface area contributed by atoms with Crippen molar-refractivity contribution >= 4 is 17.7 Å². The van der Waals surface area contributed by atoms with E-state index in [0.717, 1.165) is 29.4 Å². The second-order valence-corrected chi connectivity index (χ2v) is 9.88. The molecule has 2 aromatic rings. The summed E-state index contributed by atoms with van der Waals surface area (Å²) >= 11 is 1.45. The van der Waals surface area contributed by atoms with Crippen molar-refractivity contribution in [3.63, 3.8) is 0 Å². The molecule has 2 N–H and O–H groups in total. The molecule has 5 nitrogen and oxygen atoms in total. The van der Waals surface area contributed by atoms with Crippen LogP contribution in [0.25, 0.3) is 11.4 Å². The average Bonchev–Trinajstić information content (AvgIpc) is 3.09. The minimum Gasteiger partial charge on any atom is -0.369 e. The van der Waals surface area contributed by atoms with Gasteiger partial charge in [0.05, 0.1) is 5.25 Å². The predicted octanol–water partition coefficient (Wildman–Crippen LogP) is 5.10. The Morgan fingerprint density at radius 1 is 1.18 bits per heavy atom. The molecule has 1 saturated carbocycles. The van der Waals surface area contributed by atoms with E-state index >= 15 is 0 Å². The maximum Gasteiger partial charge on any atom is 0.231 e. The summed E-state index contributed by atoms with van der Waals surface area (Å²) in [5.41, 5.74) is 8.07. The third kappa shape index (κ3) is 4.59. The van der Waals surface area contributed by atoms with Gasteiger partial charge in [0, 0.05) is 11.6 Å². The zero-order valence-corrected chi connectivity index (χ0v) is 18.3. The summed E-state index contributed by atoms with van der Waals surface area (Å²) in [6, 6.07) is 9.03. The Morgan fingerprint density at radius 3 is 2.36 bits per heavy atom. The van der Waals surface area contributed by atoms with Gasteiger partial charge in [0.1, 0.15) is 0 Å². The third-order valence-electron chi connectivity index (χ3n) is 5.55. The molecular weight excluding hydrogens is 368 g/mol. The quantitative estimate of drug-likeness (QED) is 0.684. The summed E-state index contributed by atoms with van der Waals surface area (Å²) < 4.78 is 2.27. The van der Waals surface area contributed by atoms with E-state index in [4.69, 9.17) is 5.73 Å². The van der Waals surface area contributed by atoms with Gasteiger partial charge in [-0.1, -0.05) is 83.0 Å². The Labute approximate surface area is 172 Å². The molecule has 1 unspecified atom stereocenters. The second-order valence-electron chi connectivity index (χ2n) is 8.71. The first-order valence-corrected chi connectivity index (χ1v) is 11.2. The van der Waals surface area contributed by atoms with Crippen LogP contribution in [0.5, 0.6) is 0 Å². The van der Waals surface area contributed by atoms with Gasteiger partial charge in [0.15, 0.2) is 11.0 Å². The summed E-state index contributed by atoms with van der Waals surface area (Å²) in [4.78, 5) is 11.8. The summed E-state index contributed by atoms with van der Waals surface area (Å²) in [5, 5.41) is 9.55. The van der Waals surface area contributed by atoms with Gasteiger partial charge in [-0.05, 0) is 30.2 Å². The Balaban J connectivity index is 1.99. The number of benzene rings is 1. The van der Waals surface area contributed by atoms with Gasteiger partial charge in [-0.2, -0.15) is 0 Å². The zero-order chi connectivity index (χ0) is 20.3. The van der Waals surface area contributed by atoms with Crippen molar-refractivity contribution < 1.29 is 4.79 Å². The van der Waals surface area contributed by atoms with Gasteiger partial charge in [-0.15, -0.1) is 10.2 Å². The van der Waals surface area contributed by atoms with Crippen LogP contribution in [-0.4, -0.2) is 25.9 Å². The summed E-state index contributed by atoms with van der Waals surface area (Å²) in [7, 11) is 0. The minimum absolute atomic E-state index is 0.117. The number of aromatic nitrogens is 3. The van der Waals surface area contributed by atoms with E-state index in [1.807, 2.05) is 6.92 Å². The number of carbonyl (C=O) groups is 1. The monoisotopic (exact) mass is 400 g/mol. The van der Waals surface area contributed by atoms with E-state index in [2.05, 4.69) is 59.8 Å². The van der Waals surface area contributed by atoms with Gasteiger partial charge in [0.25, 0.3) is 0 Å². The predicted molar refractivity (Wildman–Crippen MR) is 115 cm³/mol. The molecular formula is C22H32N4OS. The molecule has 1 aromatic carbocycles. The van der Waals surface area contributed by atoms with Crippen molar-refractivity contribution in [3.05, 3.63) is 29.8 Å². The normalized spacial score (nSPS) is 16.9. The lowest BCUT2D eigenvalue weighted by Gasteiger charge is -2.26. The number of thioether (sulfide) groups is 1. The summed E-state index contributed by atoms with van der Waals surface area (Å²) in [6.45, 7) is 8.64. The van der Waals surface area contributed by atoms with E-state index in [-0.39, 0.29) is 16.6 Å². The minimum atomic E-state index is -0.290. The molecule has 0 spiro atoms.